The number of hydrogen-bond donors (Lipinski definition) is 2. The highest BCUT2D eigenvalue weighted by molar-refractivity contribution is 6.10. The van der Waals surface area contributed by atoms with Gasteiger partial charge in [-0.15, -0.1) is 0 Å². The standard InChI is InChI=1S/C23H20N2O4/c1-15-7-5-10-18(13-15)24-21(26)16-8-6-9-17(14-16)22(27)25-20-12-4-3-11-19(20)23(28)29-2/h3-14H,1-2H3,(H,24,26)(H,25,27). The number of aryl methyl sites for hydroxylation is 1. The molecule has 3 aromatic carbocycles. The van der Waals surface area contributed by atoms with E-state index in [1.165, 1.54) is 13.2 Å². The van der Waals surface area contributed by atoms with Gasteiger partial charge in [-0.3, -0.25) is 9.59 Å². The molecule has 0 heterocycles. The maximum absolute atomic E-state index is 12.7. The molecule has 0 aliphatic rings. The summed E-state index contributed by atoms with van der Waals surface area (Å²) in [6, 6.07) is 20.4. The van der Waals surface area contributed by atoms with E-state index in [9.17, 15) is 14.4 Å². The van der Waals surface area contributed by atoms with E-state index in [1.807, 2.05) is 25.1 Å². The van der Waals surface area contributed by atoms with Crippen LogP contribution < -0.4 is 10.6 Å². The molecule has 0 aliphatic heterocycles. The van der Waals surface area contributed by atoms with E-state index in [0.717, 1.165) is 5.56 Å². The number of carbonyl (C=O) groups is 3. The van der Waals surface area contributed by atoms with Crippen molar-refractivity contribution in [1.82, 2.24) is 0 Å². The van der Waals surface area contributed by atoms with E-state index in [-0.39, 0.29) is 11.5 Å². The summed E-state index contributed by atoms with van der Waals surface area (Å²) in [5.41, 5.74) is 2.93. The van der Waals surface area contributed by atoms with Gasteiger partial charge in [0.2, 0.25) is 0 Å². The summed E-state index contributed by atoms with van der Waals surface area (Å²) < 4.78 is 4.74. The van der Waals surface area contributed by atoms with Crippen LogP contribution in [-0.4, -0.2) is 24.9 Å². The van der Waals surface area contributed by atoms with E-state index >= 15 is 0 Å². The zero-order chi connectivity index (χ0) is 20.8. The van der Waals surface area contributed by atoms with E-state index in [0.29, 0.717) is 22.5 Å². The number of benzene rings is 3. The number of hydrogen-bond acceptors (Lipinski definition) is 4. The molecule has 3 aromatic rings. The number of nitrogens with one attached hydrogen (secondary N) is 2. The maximum Gasteiger partial charge on any atom is 0.339 e. The summed E-state index contributed by atoms with van der Waals surface area (Å²) in [6.45, 7) is 1.94. The lowest BCUT2D eigenvalue weighted by Crippen LogP contribution is -2.17. The second kappa shape index (κ2) is 8.84. The van der Waals surface area contributed by atoms with Crippen LogP contribution in [0.4, 0.5) is 11.4 Å². The van der Waals surface area contributed by atoms with Crippen molar-refractivity contribution in [3.05, 3.63) is 95.1 Å². The summed E-state index contributed by atoms with van der Waals surface area (Å²) >= 11 is 0. The van der Waals surface area contributed by atoms with Crippen molar-refractivity contribution in [2.45, 2.75) is 6.92 Å². The van der Waals surface area contributed by atoms with Gasteiger partial charge in [0.15, 0.2) is 0 Å². The third kappa shape index (κ3) is 4.87. The van der Waals surface area contributed by atoms with E-state index < -0.39 is 11.9 Å². The highest BCUT2D eigenvalue weighted by Crippen LogP contribution is 2.18. The molecule has 6 heteroatoms. The van der Waals surface area contributed by atoms with Crippen LogP contribution >= 0.6 is 0 Å². The Morgan fingerprint density at radius 3 is 2.10 bits per heavy atom. The molecule has 2 N–H and O–H groups in total. The molecular formula is C23H20N2O4. The van der Waals surface area contributed by atoms with Gasteiger partial charge in [-0.1, -0.05) is 30.3 Å². The Morgan fingerprint density at radius 2 is 1.41 bits per heavy atom. The molecule has 0 spiro atoms. The van der Waals surface area contributed by atoms with Crippen molar-refractivity contribution in [2.24, 2.45) is 0 Å². The lowest BCUT2D eigenvalue weighted by Gasteiger charge is -2.11. The van der Waals surface area contributed by atoms with Crippen LogP contribution in [0.2, 0.25) is 0 Å². The molecule has 0 radical (unpaired) electrons. The van der Waals surface area contributed by atoms with Crippen molar-refractivity contribution in [1.29, 1.82) is 0 Å². The van der Waals surface area contributed by atoms with Gasteiger partial charge < -0.3 is 15.4 Å². The summed E-state index contributed by atoms with van der Waals surface area (Å²) in [5.74, 6) is -1.31. The van der Waals surface area contributed by atoms with Gasteiger partial charge in [0.25, 0.3) is 11.8 Å². The first-order valence-electron chi connectivity index (χ1n) is 8.94. The van der Waals surface area contributed by atoms with Crippen molar-refractivity contribution in [3.8, 4) is 0 Å². The molecule has 0 saturated heterocycles. The average molecular weight is 388 g/mol. The zero-order valence-electron chi connectivity index (χ0n) is 16.1. The topological polar surface area (TPSA) is 84.5 Å². The van der Waals surface area contributed by atoms with E-state index in [2.05, 4.69) is 10.6 Å². The van der Waals surface area contributed by atoms with Crippen LogP contribution in [0.15, 0.2) is 72.8 Å². The molecule has 3 rings (SSSR count). The summed E-state index contributed by atoms with van der Waals surface area (Å²) in [6.07, 6.45) is 0. The SMILES string of the molecule is COC(=O)c1ccccc1NC(=O)c1cccc(C(=O)Nc2cccc(C)c2)c1. The predicted octanol–water partition coefficient (Wildman–Crippen LogP) is 4.29. The molecular weight excluding hydrogens is 368 g/mol. The fourth-order valence-electron chi connectivity index (χ4n) is 2.80. The number of para-hydroxylation sites is 1. The Morgan fingerprint density at radius 1 is 0.759 bits per heavy atom. The smallest absolute Gasteiger partial charge is 0.339 e. The second-order valence-corrected chi connectivity index (χ2v) is 6.40. The van der Waals surface area contributed by atoms with Crippen LogP contribution in [0.1, 0.15) is 36.6 Å². The van der Waals surface area contributed by atoms with Crippen LogP contribution in [0.3, 0.4) is 0 Å². The number of methoxy groups -OCH3 is 1. The molecule has 2 amide bonds. The first-order valence-corrected chi connectivity index (χ1v) is 8.94. The number of carbonyl (C=O) groups excluding carboxylic acids is 3. The second-order valence-electron chi connectivity index (χ2n) is 6.40. The van der Waals surface area contributed by atoms with Crippen LogP contribution in [0.25, 0.3) is 0 Å². The van der Waals surface area contributed by atoms with E-state index in [1.54, 1.807) is 48.5 Å². The average Bonchev–Trinajstić information content (AvgIpc) is 2.73. The minimum absolute atomic E-state index is 0.247. The molecule has 0 aliphatic carbocycles. The monoisotopic (exact) mass is 388 g/mol. The fourth-order valence-corrected chi connectivity index (χ4v) is 2.80. The van der Waals surface area contributed by atoms with Gasteiger partial charge in [-0.05, 0) is 55.0 Å². The molecule has 6 nitrogen and oxygen atoms in total. The lowest BCUT2D eigenvalue weighted by molar-refractivity contribution is 0.0601. The number of esters is 1. The predicted molar refractivity (Wildman–Crippen MR) is 111 cm³/mol. The Balaban J connectivity index is 1.78. The minimum Gasteiger partial charge on any atom is -0.465 e. The van der Waals surface area contributed by atoms with Gasteiger partial charge >= 0.3 is 5.97 Å². The summed E-state index contributed by atoms with van der Waals surface area (Å²) in [5, 5.41) is 5.51. The van der Waals surface area contributed by atoms with Crippen molar-refractivity contribution in [3.63, 3.8) is 0 Å². The fraction of sp³-hybridized carbons (Fsp3) is 0.0870. The Kier molecular flexibility index (Phi) is 6.04. The summed E-state index contributed by atoms with van der Waals surface area (Å²) in [7, 11) is 1.28. The molecule has 0 fully saturated rings. The Hall–Kier alpha value is -3.93. The van der Waals surface area contributed by atoms with Crippen molar-refractivity contribution < 1.29 is 19.1 Å². The molecule has 0 saturated carbocycles. The Labute approximate surface area is 168 Å². The third-order valence-electron chi connectivity index (χ3n) is 4.24. The molecule has 0 bridgehead atoms. The number of amides is 2. The van der Waals surface area contributed by atoms with Crippen LogP contribution in [-0.2, 0) is 4.74 Å². The minimum atomic E-state index is -0.549. The Bertz CT molecular complexity index is 1080. The highest BCUT2D eigenvalue weighted by atomic mass is 16.5. The molecule has 0 unspecified atom stereocenters. The zero-order valence-corrected chi connectivity index (χ0v) is 16.1. The first-order chi connectivity index (χ1) is 14.0. The third-order valence-corrected chi connectivity index (χ3v) is 4.24. The number of rotatable bonds is 5. The van der Waals surface area contributed by atoms with Gasteiger partial charge in [0.05, 0.1) is 18.4 Å². The highest BCUT2D eigenvalue weighted by Gasteiger charge is 2.15. The van der Waals surface area contributed by atoms with Crippen molar-refractivity contribution >= 4 is 29.2 Å². The molecule has 0 atom stereocenters. The molecule has 29 heavy (non-hydrogen) atoms. The number of ether oxygens (including phenoxy) is 1. The maximum atomic E-state index is 12.7. The van der Waals surface area contributed by atoms with Crippen LogP contribution in [0, 0.1) is 6.92 Å². The van der Waals surface area contributed by atoms with Gasteiger partial charge in [-0.2, -0.15) is 0 Å². The van der Waals surface area contributed by atoms with E-state index in [4.69, 9.17) is 4.74 Å². The van der Waals surface area contributed by atoms with Gasteiger partial charge in [0, 0.05) is 16.8 Å². The quantitative estimate of drug-likeness (QED) is 0.639. The lowest BCUT2D eigenvalue weighted by atomic mass is 10.1. The number of anilines is 2. The normalized spacial score (nSPS) is 10.1. The van der Waals surface area contributed by atoms with Gasteiger partial charge in [0.1, 0.15) is 0 Å². The van der Waals surface area contributed by atoms with Crippen LogP contribution in [0.5, 0.6) is 0 Å². The molecule has 146 valence electrons. The summed E-state index contributed by atoms with van der Waals surface area (Å²) in [4.78, 5) is 37.1. The first kappa shape index (κ1) is 19.8. The largest absolute Gasteiger partial charge is 0.465 e. The molecule has 0 aromatic heterocycles. The van der Waals surface area contributed by atoms with Gasteiger partial charge in [-0.25, -0.2) is 4.79 Å². The van der Waals surface area contributed by atoms with Crippen molar-refractivity contribution in [2.75, 3.05) is 17.7 Å².